The molecule has 2 aliphatic rings. The number of benzene rings is 1. The lowest BCUT2D eigenvalue weighted by atomic mass is 10.1. The molecule has 0 aliphatic carbocycles. The minimum absolute atomic E-state index is 0.0403. The monoisotopic (exact) mass is 310 g/mol. The largest absolute Gasteiger partial charge is 0.497 e. The summed E-state index contributed by atoms with van der Waals surface area (Å²) in [4.78, 5) is 0. The highest BCUT2D eigenvalue weighted by Crippen LogP contribution is 2.36. The first-order valence-corrected chi connectivity index (χ1v) is 8.93. The molecule has 21 heavy (non-hydrogen) atoms. The Morgan fingerprint density at radius 1 is 1.05 bits per heavy atom. The maximum Gasteiger partial charge on any atom is 0.282 e. The number of hydrogen-bond donors (Lipinski definition) is 0. The van der Waals surface area contributed by atoms with Gasteiger partial charge in [-0.05, 0) is 43.4 Å². The fourth-order valence-electron chi connectivity index (χ4n) is 3.24. The van der Waals surface area contributed by atoms with Crippen molar-refractivity contribution in [3.05, 3.63) is 29.8 Å². The summed E-state index contributed by atoms with van der Waals surface area (Å²) < 4.78 is 34.0. The van der Waals surface area contributed by atoms with E-state index in [0.717, 1.165) is 37.0 Å². The molecule has 1 atom stereocenters. The average Bonchev–Trinajstić information content (AvgIpc) is 3.19. The third kappa shape index (κ3) is 2.80. The van der Waals surface area contributed by atoms with Crippen molar-refractivity contribution in [2.75, 3.05) is 26.7 Å². The van der Waals surface area contributed by atoms with E-state index in [1.807, 2.05) is 24.3 Å². The topological polar surface area (TPSA) is 49.9 Å². The summed E-state index contributed by atoms with van der Waals surface area (Å²) >= 11 is 0. The predicted molar refractivity (Wildman–Crippen MR) is 81.4 cm³/mol. The first-order valence-electron chi connectivity index (χ1n) is 7.54. The van der Waals surface area contributed by atoms with Crippen LogP contribution >= 0.6 is 0 Å². The van der Waals surface area contributed by atoms with E-state index in [4.69, 9.17) is 4.74 Å². The zero-order valence-electron chi connectivity index (χ0n) is 12.4. The Balaban J connectivity index is 1.84. The molecule has 1 aromatic rings. The van der Waals surface area contributed by atoms with E-state index in [-0.39, 0.29) is 6.04 Å². The Labute approximate surface area is 126 Å². The number of methoxy groups -OCH3 is 1. The normalized spacial score (nSPS) is 24.5. The molecule has 0 radical (unpaired) electrons. The van der Waals surface area contributed by atoms with Crippen molar-refractivity contribution in [1.82, 2.24) is 8.61 Å². The fourth-order valence-corrected chi connectivity index (χ4v) is 5.17. The quantitative estimate of drug-likeness (QED) is 0.856. The number of rotatable bonds is 4. The molecule has 0 amide bonds. The lowest BCUT2D eigenvalue weighted by Gasteiger charge is -2.28. The second kappa shape index (κ2) is 5.94. The van der Waals surface area contributed by atoms with Crippen LogP contribution in [0.3, 0.4) is 0 Å². The number of nitrogens with zero attached hydrogens (tertiary/aromatic N) is 2. The Hall–Kier alpha value is -1.11. The average molecular weight is 310 g/mol. The molecular formula is C15H22N2O3S. The van der Waals surface area contributed by atoms with Crippen molar-refractivity contribution in [1.29, 1.82) is 0 Å². The van der Waals surface area contributed by atoms with Gasteiger partial charge in [0.25, 0.3) is 10.2 Å². The van der Waals surface area contributed by atoms with E-state index in [2.05, 4.69) is 0 Å². The van der Waals surface area contributed by atoms with Crippen LogP contribution in [0.4, 0.5) is 0 Å². The molecule has 2 fully saturated rings. The first kappa shape index (κ1) is 14.8. The van der Waals surface area contributed by atoms with Gasteiger partial charge in [0.05, 0.1) is 13.2 Å². The van der Waals surface area contributed by atoms with Crippen molar-refractivity contribution in [2.45, 2.75) is 31.7 Å². The molecule has 2 heterocycles. The summed E-state index contributed by atoms with van der Waals surface area (Å²) in [5.41, 5.74) is 1.05. The molecular weight excluding hydrogens is 288 g/mol. The molecule has 5 nitrogen and oxygen atoms in total. The second-order valence-corrected chi connectivity index (χ2v) is 7.54. The van der Waals surface area contributed by atoms with Crippen molar-refractivity contribution in [3.8, 4) is 5.75 Å². The summed E-state index contributed by atoms with van der Waals surface area (Å²) in [6.45, 7) is 1.94. The van der Waals surface area contributed by atoms with Gasteiger partial charge in [-0.15, -0.1) is 0 Å². The second-order valence-electron chi connectivity index (χ2n) is 5.66. The van der Waals surface area contributed by atoms with Crippen molar-refractivity contribution in [3.63, 3.8) is 0 Å². The highest BCUT2D eigenvalue weighted by molar-refractivity contribution is 7.86. The smallest absolute Gasteiger partial charge is 0.282 e. The first-order chi connectivity index (χ1) is 10.1. The van der Waals surface area contributed by atoms with Crippen LogP contribution in [0.15, 0.2) is 24.3 Å². The summed E-state index contributed by atoms with van der Waals surface area (Å²) in [7, 11) is -1.68. The van der Waals surface area contributed by atoms with Crippen molar-refractivity contribution in [2.24, 2.45) is 0 Å². The van der Waals surface area contributed by atoms with E-state index < -0.39 is 10.2 Å². The summed E-state index contributed by atoms with van der Waals surface area (Å²) in [6, 6.07) is 7.70. The van der Waals surface area contributed by atoms with E-state index >= 15 is 0 Å². The van der Waals surface area contributed by atoms with E-state index in [9.17, 15) is 8.42 Å². The van der Waals surface area contributed by atoms with Gasteiger partial charge < -0.3 is 4.74 Å². The molecule has 2 aliphatic heterocycles. The Bertz CT molecular complexity index is 579. The van der Waals surface area contributed by atoms with Gasteiger partial charge in [0.2, 0.25) is 0 Å². The van der Waals surface area contributed by atoms with Gasteiger partial charge >= 0.3 is 0 Å². The van der Waals surface area contributed by atoms with E-state index in [0.29, 0.717) is 19.6 Å². The van der Waals surface area contributed by atoms with Crippen LogP contribution in [0.25, 0.3) is 0 Å². The van der Waals surface area contributed by atoms with E-state index in [1.54, 1.807) is 15.7 Å². The van der Waals surface area contributed by atoms with Gasteiger partial charge in [-0.1, -0.05) is 12.1 Å². The van der Waals surface area contributed by atoms with Crippen LogP contribution in [-0.2, 0) is 10.2 Å². The lowest BCUT2D eigenvalue weighted by Crippen LogP contribution is -2.42. The van der Waals surface area contributed by atoms with Gasteiger partial charge in [0, 0.05) is 19.6 Å². The van der Waals surface area contributed by atoms with Gasteiger partial charge in [-0.3, -0.25) is 0 Å². The highest BCUT2D eigenvalue weighted by Gasteiger charge is 2.39. The van der Waals surface area contributed by atoms with Gasteiger partial charge in [0.1, 0.15) is 5.75 Å². The maximum absolute atomic E-state index is 12.8. The third-order valence-electron chi connectivity index (χ3n) is 4.39. The van der Waals surface area contributed by atoms with Crippen molar-refractivity contribution >= 4 is 10.2 Å². The molecule has 1 unspecified atom stereocenters. The molecule has 0 saturated carbocycles. The number of hydrogen-bond acceptors (Lipinski definition) is 3. The van der Waals surface area contributed by atoms with Crippen LogP contribution in [0.2, 0.25) is 0 Å². The molecule has 1 aromatic carbocycles. The number of ether oxygens (including phenoxy) is 1. The SMILES string of the molecule is COc1ccc(C2CCCN2S(=O)(=O)N2CCCC2)cc1. The zero-order valence-corrected chi connectivity index (χ0v) is 13.2. The van der Waals surface area contributed by atoms with E-state index in [1.165, 1.54) is 0 Å². The van der Waals surface area contributed by atoms with Crippen LogP contribution in [0.1, 0.15) is 37.3 Å². The Kier molecular flexibility index (Phi) is 4.19. The molecule has 2 saturated heterocycles. The minimum Gasteiger partial charge on any atom is -0.497 e. The Morgan fingerprint density at radius 2 is 1.71 bits per heavy atom. The molecule has 0 aromatic heterocycles. The predicted octanol–water partition coefficient (Wildman–Crippen LogP) is 2.17. The molecule has 116 valence electrons. The summed E-state index contributed by atoms with van der Waals surface area (Å²) in [5, 5.41) is 0. The van der Waals surface area contributed by atoms with Gasteiger partial charge in [-0.2, -0.15) is 17.0 Å². The van der Waals surface area contributed by atoms with Crippen LogP contribution in [0.5, 0.6) is 5.75 Å². The molecule has 6 heteroatoms. The van der Waals surface area contributed by atoms with Crippen LogP contribution in [-0.4, -0.2) is 43.8 Å². The summed E-state index contributed by atoms with van der Waals surface area (Å²) in [6.07, 6.45) is 3.75. The lowest BCUT2D eigenvalue weighted by molar-refractivity contribution is 0.348. The third-order valence-corrected chi connectivity index (χ3v) is 6.44. The fraction of sp³-hybridized carbons (Fsp3) is 0.600. The highest BCUT2D eigenvalue weighted by atomic mass is 32.2. The zero-order chi connectivity index (χ0) is 14.9. The summed E-state index contributed by atoms with van der Waals surface area (Å²) in [5.74, 6) is 0.797. The molecule has 0 bridgehead atoms. The molecule has 3 rings (SSSR count). The van der Waals surface area contributed by atoms with Crippen LogP contribution < -0.4 is 4.74 Å². The molecule has 0 N–H and O–H groups in total. The van der Waals surface area contributed by atoms with Gasteiger partial charge in [0.15, 0.2) is 0 Å². The molecule has 0 spiro atoms. The van der Waals surface area contributed by atoms with Gasteiger partial charge in [-0.25, -0.2) is 0 Å². The standard InChI is InChI=1S/C15H22N2O3S/c1-20-14-8-6-13(7-9-14)15-5-4-12-17(15)21(18,19)16-10-2-3-11-16/h6-9,15H,2-5,10-12H2,1H3. The van der Waals surface area contributed by atoms with Crippen LogP contribution in [0, 0.1) is 0 Å². The minimum atomic E-state index is -3.32. The maximum atomic E-state index is 12.8. The van der Waals surface area contributed by atoms with Crippen molar-refractivity contribution < 1.29 is 13.2 Å². The Morgan fingerprint density at radius 3 is 2.33 bits per heavy atom.